The molecule has 0 spiro atoms. The fourth-order valence-corrected chi connectivity index (χ4v) is 2.70. The molecule has 24 heavy (non-hydrogen) atoms. The lowest BCUT2D eigenvalue weighted by Crippen LogP contribution is -2.03. The maximum absolute atomic E-state index is 14.0. The Morgan fingerprint density at radius 1 is 1.12 bits per heavy atom. The van der Waals surface area contributed by atoms with E-state index in [1.165, 1.54) is 6.07 Å². The Morgan fingerprint density at radius 3 is 2.79 bits per heavy atom. The fourth-order valence-electron chi connectivity index (χ4n) is 2.70. The van der Waals surface area contributed by atoms with Crippen molar-refractivity contribution in [1.82, 2.24) is 14.8 Å². The zero-order chi connectivity index (χ0) is 16.5. The molecule has 1 N–H and O–H groups in total. The molecular weight excluding hydrogens is 309 g/mol. The Hall–Kier alpha value is -2.99. The highest BCUT2D eigenvalue weighted by atomic mass is 19.1. The summed E-state index contributed by atoms with van der Waals surface area (Å²) >= 11 is 0. The molecule has 3 heterocycles. The second-order valence-corrected chi connectivity index (χ2v) is 5.41. The van der Waals surface area contributed by atoms with E-state index in [-0.39, 0.29) is 12.4 Å². The van der Waals surface area contributed by atoms with Crippen molar-refractivity contribution in [3.63, 3.8) is 0 Å². The number of aliphatic hydroxyl groups excluding tert-OH is 1. The van der Waals surface area contributed by atoms with E-state index in [0.29, 0.717) is 29.3 Å². The maximum Gasteiger partial charge on any atom is 0.155 e. The van der Waals surface area contributed by atoms with E-state index in [9.17, 15) is 9.50 Å². The quantitative estimate of drug-likeness (QED) is 0.625. The van der Waals surface area contributed by atoms with Crippen molar-refractivity contribution in [2.45, 2.75) is 13.2 Å². The summed E-state index contributed by atoms with van der Waals surface area (Å²) in [5.41, 5.74) is 1.98. The first-order chi connectivity index (χ1) is 11.8. The van der Waals surface area contributed by atoms with Crippen LogP contribution in [-0.2, 0) is 13.2 Å². The topological polar surface area (TPSA) is 64.1 Å². The van der Waals surface area contributed by atoms with Crippen LogP contribution < -0.4 is 0 Å². The normalized spacial score (nSPS) is 11.2. The van der Waals surface area contributed by atoms with Crippen LogP contribution in [0.4, 0.5) is 4.39 Å². The van der Waals surface area contributed by atoms with Gasteiger partial charge in [-0.2, -0.15) is 5.10 Å². The average molecular weight is 323 g/mol. The SMILES string of the molecule is OCc1ccc(-c2nn(Cc3ccccc3F)c3cnccc23)o1. The molecule has 0 amide bonds. The van der Waals surface area contributed by atoms with Crippen LogP contribution in [0, 0.1) is 5.82 Å². The molecule has 5 nitrogen and oxygen atoms in total. The van der Waals surface area contributed by atoms with Crippen molar-refractivity contribution in [3.8, 4) is 11.5 Å². The van der Waals surface area contributed by atoms with Gasteiger partial charge in [0.25, 0.3) is 0 Å². The van der Waals surface area contributed by atoms with Crippen LogP contribution in [0.3, 0.4) is 0 Å². The van der Waals surface area contributed by atoms with Crippen LogP contribution in [0.25, 0.3) is 22.4 Å². The van der Waals surface area contributed by atoms with Gasteiger partial charge in [-0.05, 0) is 24.3 Å². The van der Waals surface area contributed by atoms with Crippen molar-refractivity contribution in [1.29, 1.82) is 0 Å². The number of aliphatic hydroxyl groups is 1. The Labute approximate surface area is 137 Å². The first kappa shape index (κ1) is 14.6. The van der Waals surface area contributed by atoms with E-state index in [4.69, 9.17) is 4.42 Å². The monoisotopic (exact) mass is 323 g/mol. The lowest BCUT2D eigenvalue weighted by molar-refractivity contribution is 0.248. The zero-order valence-electron chi connectivity index (χ0n) is 12.7. The molecule has 1 aromatic carbocycles. The first-order valence-electron chi connectivity index (χ1n) is 7.50. The number of hydrogen-bond donors (Lipinski definition) is 1. The van der Waals surface area contributed by atoms with E-state index >= 15 is 0 Å². The van der Waals surface area contributed by atoms with Crippen LogP contribution in [0.15, 0.2) is 59.3 Å². The maximum atomic E-state index is 14.0. The summed E-state index contributed by atoms with van der Waals surface area (Å²) in [6.07, 6.45) is 3.37. The summed E-state index contributed by atoms with van der Waals surface area (Å²) in [5, 5.41) is 14.6. The molecule has 120 valence electrons. The lowest BCUT2D eigenvalue weighted by atomic mass is 10.2. The van der Waals surface area contributed by atoms with Gasteiger partial charge in [0, 0.05) is 17.1 Å². The Balaban J connectivity index is 1.83. The molecule has 4 rings (SSSR count). The molecule has 3 aromatic heterocycles. The number of hydrogen-bond acceptors (Lipinski definition) is 4. The standard InChI is InChI=1S/C18H14FN3O2/c19-15-4-2-1-3-12(15)10-22-16-9-20-8-7-14(16)18(21-22)17-6-5-13(11-23)24-17/h1-9,23H,10-11H2. The highest BCUT2D eigenvalue weighted by Gasteiger charge is 2.16. The molecule has 6 heteroatoms. The number of aromatic nitrogens is 3. The van der Waals surface area contributed by atoms with Gasteiger partial charge in [-0.1, -0.05) is 18.2 Å². The molecule has 0 saturated heterocycles. The summed E-state index contributed by atoms with van der Waals surface area (Å²) in [7, 11) is 0. The third-order valence-electron chi connectivity index (χ3n) is 3.88. The van der Waals surface area contributed by atoms with Gasteiger partial charge in [0.2, 0.25) is 0 Å². The minimum absolute atomic E-state index is 0.171. The van der Waals surface area contributed by atoms with Gasteiger partial charge in [0.05, 0.1) is 18.3 Å². The molecule has 0 unspecified atom stereocenters. The Kier molecular flexibility index (Phi) is 3.59. The van der Waals surface area contributed by atoms with Gasteiger partial charge >= 0.3 is 0 Å². The number of rotatable bonds is 4. The molecule has 0 saturated carbocycles. The smallest absolute Gasteiger partial charge is 0.155 e. The average Bonchev–Trinajstić information content (AvgIpc) is 3.22. The molecule has 0 atom stereocenters. The van der Waals surface area contributed by atoms with Crippen LogP contribution in [0.1, 0.15) is 11.3 Å². The van der Waals surface area contributed by atoms with Crippen molar-refractivity contribution in [2.24, 2.45) is 0 Å². The summed E-state index contributed by atoms with van der Waals surface area (Å²) in [6.45, 7) is 0.123. The second kappa shape index (κ2) is 5.90. The Morgan fingerprint density at radius 2 is 2.00 bits per heavy atom. The van der Waals surface area contributed by atoms with Gasteiger partial charge in [0.15, 0.2) is 5.76 Å². The van der Waals surface area contributed by atoms with Gasteiger partial charge in [0.1, 0.15) is 23.9 Å². The molecule has 0 aliphatic rings. The minimum atomic E-state index is -0.271. The lowest BCUT2D eigenvalue weighted by Gasteiger charge is -2.04. The number of benzene rings is 1. The molecule has 4 aromatic rings. The summed E-state index contributed by atoms with van der Waals surface area (Å²) in [5.74, 6) is 0.755. The Bertz CT molecular complexity index is 1010. The molecule has 0 radical (unpaired) electrons. The number of fused-ring (bicyclic) bond motifs is 1. The van der Waals surface area contributed by atoms with Gasteiger partial charge < -0.3 is 9.52 Å². The van der Waals surface area contributed by atoms with E-state index in [1.807, 2.05) is 6.07 Å². The van der Waals surface area contributed by atoms with E-state index < -0.39 is 0 Å². The third kappa shape index (κ3) is 2.47. The molecule has 0 bridgehead atoms. The van der Waals surface area contributed by atoms with Crippen molar-refractivity contribution in [2.75, 3.05) is 0 Å². The van der Waals surface area contributed by atoms with E-state index in [2.05, 4.69) is 10.1 Å². The molecule has 0 fully saturated rings. The van der Waals surface area contributed by atoms with Crippen molar-refractivity contribution < 1.29 is 13.9 Å². The summed E-state index contributed by atoms with van der Waals surface area (Å²) in [4.78, 5) is 4.14. The van der Waals surface area contributed by atoms with Crippen LogP contribution in [0.2, 0.25) is 0 Å². The van der Waals surface area contributed by atoms with Gasteiger partial charge in [-0.3, -0.25) is 9.67 Å². The van der Waals surface area contributed by atoms with E-state index in [1.54, 1.807) is 47.4 Å². The number of furan rings is 1. The highest BCUT2D eigenvalue weighted by Crippen LogP contribution is 2.29. The molecule has 0 aliphatic carbocycles. The number of pyridine rings is 1. The number of nitrogens with zero attached hydrogens (tertiary/aromatic N) is 3. The molecule has 0 aliphatic heterocycles. The number of halogens is 1. The van der Waals surface area contributed by atoms with Crippen LogP contribution in [-0.4, -0.2) is 19.9 Å². The van der Waals surface area contributed by atoms with Crippen molar-refractivity contribution >= 4 is 10.9 Å². The largest absolute Gasteiger partial charge is 0.457 e. The predicted molar refractivity (Wildman–Crippen MR) is 86.7 cm³/mol. The van der Waals surface area contributed by atoms with Crippen LogP contribution >= 0.6 is 0 Å². The minimum Gasteiger partial charge on any atom is -0.457 e. The predicted octanol–water partition coefficient (Wildman–Crippen LogP) is 3.37. The van der Waals surface area contributed by atoms with Crippen molar-refractivity contribution in [3.05, 3.63) is 72.0 Å². The second-order valence-electron chi connectivity index (χ2n) is 5.41. The summed E-state index contributed by atoms with van der Waals surface area (Å²) in [6, 6.07) is 11.9. The zero-order valence-corrected chi connectivity index (χ0v) is 12.7. The van der Waals surface area contributed by atoms with Crippen LogP contribution in [0.5, 0.6) is 0 Å². The van der Waals surface area contributed by atoms with Gasteiger partial charge in [-0.15, -0.1) is 0 Å². The third-order valence-corrected chi connectivity index (χ3v) is 3.88. The van der Waals surface area contributed by atoms with Gasteiger partial charge in [-0.25, -0.2) is 4.39 Å². The molecular formula is C18H14FN3O2. The fraction of sp³-hybridized carbons (Fsp3) is 0.111. The highest BCUT2D eigenvalue weighted by molar-refractivity contribution is 5.91. The first-order valence-corrected chi connectivity index (χ1v) is 7.50. The van der Waals surface area contributed by atoms with E-state index in [0.717, 1.165) is 10.9 Å². The summed E-state index contributed by atoms with van der Waals surface area (Å²) < 4.78 is 21.3.